The molecule has 1 N–H and O–H groups in total. The van der Waals surface area contributed by atoms with Crippen LogP contribution in [-0.2, 0) is 11.2 Å². The quantitative estimate of drug-likeness (QED) is 0.731. The molecule has 1 aliphatic heterocycles. The fourth-order valence-corrected chi connectivity index (χ4v) is 2.28. The molecule has 1 unspecified atom stereocenters. The van der Waals surface area contributed by atoms with E-state index in [0.29, 0.717) is 0 Å². The van der Waals surface area contributed by atoms with E-state index in [2.05, 4.69) is 35.6 Å². The lowest BCUT2D eigenvalue weighted by molar-refractivity contribution is 0.102. The van der Waals surface area contributed by atoms with E-state index in [0.717, 1.165) is 25.7 Å². The first kappa shape index (κ1) is 12.6. The molecule has 1 aromatic carbocycles. The summed E-state index contributed by atoms with van der Waals surface area (Å²) in [6.45, 7) is 4.17. The maximum absolute atomic E-state index is 5.72. The van der Waals surface area contributed by atoms with Crippen LogP contribution in [0.3, 0.4) is 0 Å². The second kappa shape index (κ2) is 7.46. The first-order valence-electron chi connectivity index (χ1n) is 6.77. The van der Waals surface area contributed by atoms with Gasteiger partial charge in [-0.25, -0.2) is 0 Å². The molecule has 1 saturated heterocycles. The Morgan fingerprint density at radius 1 is 1.18 bits per heavy atom. The maximum Gasteiger partial charge on any atom is 0.0506 e. The van der Waals surface area contributed by atoms with Crippen molar-refractivity contribution in [1.82, 2.24) is 5.32 Å². The Balaban J connectivity index is 1.46. The normalized spacial score (nSPS) is 19.6. The van der Waals surface area contributed by atoms with Crippen molar-refractivity contribution in [2.24, 2.45) is 5.92 Å². The first-order valence-corrected chi connectivity index (χ1v) is 6.77. The third kappa shape index (κ3) is 4.88. The molecule has 0 aliphatic carbocycles. The SMILES string of the molecule is c1ccc(CCCCOCC2CCNC2)cc1. The second-order valence-electron chi connectivity index (χ2n) is 4.88. The van der Waals surface area contributed by atoms with Gasteiger partial charge in [0.2, 0.25) is 0 Å². The highest BCUT2D eigenvalue weighted by Crippen LogP contribution is 2.08. The molecular formula is C15H23NO. The fraction of sp³-hybridized carbons (Fsp3) is 0.600. The van der Waals surface area contributed by atoms with Crippen molar-refractivity contribution in [3.63, 3.8) is 0 Å². The van der Waals surface area contributed by atoms with Crippen LogP contribution in [-0.4, -0.2) is 26.3 Å². The summed E-state index contributed by atoms with van der Waals surface area (Å²) in [6.07, 6.45) is 4.86. The standard InChI is InChI=1S/C15H23NO/c1-2-6-14(7-3-1)8-4-5-11-17-13-15-9-10-16-12-15/h1-3,6-7,15-16H,4-5,8-13H2. The van der Waals surface area contributed by atoms with Crippen LogP contribution in [0.1, 0.15) is 24.8 Å². The highest BCUT2D eigenvalue weighted by Gasteiger charge is 2.13. The minimum atomic E-state index is 0.754. The summed E-state index contributed by atoms with van der Waals surface area (Å²) in [6, 6.07) is 10.7. The van der Waals surface area contributed by atoms with Gasteiger partial charge < -0.3 is 10.1 Å². The molecule has 2 heteroatoms. The minimum absolute atomic E-state index is 0.754. The Morgan fingerprint density at radius 3 is 2.82 bits per heavy atom. The van der Waals surface area contributed by atoms with E-state index in [4.69, 9.17) is 4.74 Å². The van der Waals surface area contributed by atoms with Crippen LogP contribution in [0.5, 0.6) is 0 Å². The van der Waals surface area contributed by atoms with Crippen molar-refractivity contribution in [2.75, 3.05) is 26.3 Å². The minimum Gasteiger partial charge on any atom is -0.381 e. The molecule has 2 nitrogen and oxygen atoms in total. The third-order valence-corrected chi connectivity index (χ3v) is 3.36. The number of rotatable bonds is 7. The van der Waals surface area contributed by atoms with E-state index in [1.807, 2.05) is 0 Å². The summed E-state index contributed by atoms with van der Waals surface area (Å²) < 4.78 is 5.72. The molecule has 0 spiro atoms. The zero-order valence-electron chi connectivity index (χ0n) is 10.5. The number of ether oxygens (including phenoxy) is 1. The van der Waals surface area contributed by atoms with Crippen molar-refractivity contribution in [3.05, 3.63) is 35.9 Å². The molecule has 0 amide bonds. The van der Waals surface area contributed by atoms with Gasteiger partial charge in [0.05, 0.1) is 6.61 Å². The highest BCUT2D eigenvalue weighted by molar-refractivity contribution is 5.14. The molecule has 0 bridgehead atoms. The fourth-order valence-electron chi connectivity index (χ4n) is 2.28. The van der Waals surface area contributed by atoms with Gasteiger partial charge in [-0.15, -0.1) is 0 Å². The van der Waals surface area contributed by atoms with Crippen LogP contribution < -0.4 is 5.32 Å². The largest absolute Gasteiger partial charge is 0.381 e. The van der Waals surface area contributed by atoms with Gasteiger partial charge in [-0.1, -0.05) is 30.3 Å². The maximum atomic E-state index is 5.72. The average Bonchev–Trinajstić information content (AvgIpc) is 2.88. The van der Waals surface area contributed by atoms with Crippen molar-refractivity contribution in [2.45, 2.75) is 25.7 Å². The molecule has 2 rings (SSSR count). The van der Waals surface area contributed by atoms with Crippen LogP contribution in [0.25, 0.3) is 0 Å². The number of aryl methyl sites for hydroxylation is 1. The summed E-state index contributed by atoms with van der Waals surface area (Å²) in [5.74, 6) is 0.754. The van der Waals surface area contributed by atoms with Gasteiger partial charge in [-0.3, -0.25) is 0 Å². The van der Waals surface area contributed by atoms with Crippen LogP contribution in [0, 0.1) is 5.92 Å². The molecule has 1 aromatic rings. The average molecular weight is 233 g/mol. The zero-order chi connectivity index (χ0) is 11.8. The molecule has 1 fully saturated rings. The molecule has 1 aliphatic rings. The number of nitrogens with one attached hydrogen (secondary N) is 1. The summed E-state index contributed by atoms with van der Waals surface area (Å²) in [5, 5.41) is 3.37. The molecule has 0 aromatic heterocycles. The lowest BCUT2D eigenvalue weighted by atomic mass is 10.1. The number of hydrogen-bond acceptors (Lipinski definition) is 2. The molecule has 1 atom stereocenters. The first-order chi connectivity index (χ1) is 8.45. The van der Waals surface area contributed by atoms with E-state index < -0.39 is 0 Å². The van der Waals surface area contributed by atoms with Crippen LogP contribution in [0.15, 0.2) is 30.3 Å². The monoisotopic (exact) mass is 233 g/mol. The molecule has 1 heterocycles. The van der Waals surface area contributed by atoms with Crippen LogP contribution in [0.4, 0.5) is 0 Å². The van der Waals surface area contributed by atoms with E-state index >= 15 is 0 Å². The predicted molar refractivity (Wildman–Crippen MR) is 71.2 cm³/mol. The van der Waals surface area contributed by atoms with E-state index in [1.165, 1.54) is 37.8 Å². The van der Waals surface area contributed by atoms with E-state index in [9.17, 15) is 0 Å². The number of benzene rings is 1. The number of hydrogen-bond donors (Lipinski definition) is 1. The Kier molecular flexibility index (Phi) is 5.53. The summed E-state index contributed by atoms with van der Waals surface area (Å²) in [5.41, 5.74) is 1.44. The van der Waals surface area contributed by atoms with Crippen molar-refractivity contribution < 1.29 is 4.74 Å². The second-order valence-corrected chi connectivity index (χ2v) is 4.88. The summed E-state index contributed by atoms with van der Waals surface area (Å²) >= 11 is 0. The van der Waals surface area contributed by atoms with E-state index in [-0.39, 0.29) is 0 Å². The van der Waals surface area contributed by atoms with Crippen LogP contribution in [0.2, 0.25) is 0 Å². The molecule has 17 heavy (non-hydrogen) atoms. The van der Waals surface area contributed by atoms with Gasteiger partial charge in [0, 0.05) is 13.2 Å². The Labute approximate surface area is 104 Å². The third-order valence-electron chi connectivity index (χ3n) is 3.36. The van der Waals surface area contributed by atoms with Gasteiger partial charge in [0.15, 0.2) is 0 Å². The molecule has 0 radical (unpaired) electrons. The van der Waals surface area contributed by atoms with Crippen molar-refractivity contribution in [1.29, 1.82) is 0 Å². The topological polar surface area (TPSA) is 21.3 Å². The Morgan fingerprint density at radius 2 is 2.06 bits per heavy atom. The van der Waals surface area contributed by atoms with Crippen molar-refractivity contribution >= 4 is 0 Å². The van der Waals surface area contributed by atoms with Crippen LogP contribution >= 0.6 is 0 Å². The van der Waals surface area contributed by atoms with Gasteiger partial charge in [-0.05, 0) is 43.7 Å². The van der Waals surface area contributed by atoms with Crippen molar-refractivity contribution in [3.8, 4) is 0 Å². The molecule has 94 valence electrons. The lowest BCUT2D eigenvalue weighted by Crippen LogP contribution is -2.14. The smallest absolute Gasteiger partial charge is 0.0506 e. The van der Waals surface area contributed by atoms with Gasteiger partial charge >= 0.3 is 0 Å². The summed E-state index contributed by atoms with van der Waals surface area (Å²) in [4.78, 5) is 0. The highest BCUT2D eigenvalue weighted by atomic mass is 16.5. The number of unbranched alkanes of at least 4 members (excludes halogenated alkanes) is 1. The zero-order valence-corrected chi connectivity index (χ0v) is 10.5. The Hall–Kier alpha value is -0.860. The summed E-state index contributed by atoms with van der Waals surface area (Å²) in [7, 11) is 0. The van der Waals surface area contributed by atoms with Gasteiger partial charge in [-0.2, -0.15) is 0 Å². The predicted octanol–water partition coefficient (Wildman–Crippen LogP) is 2.64. The molecule has 0 saturated carbocycles. The van der Waals surface area contributed by atoms with Gasteiger partial charge in [0.1, 0.15) is 0 Å². The Bertz CT molecular complexity index is 293. The van der Waals surface area contributed by atoms with Gasteiger partial charge in [0.25, 0.3) is 0 Å². The molecular weight excluding hydrogens is 210 g/mol. The lowest BCUT2D eigenvalue weighted by Gasteiger charge is -2.09. The van der Waals surface area contributed by atoms with E-state index in [1.54, 1.807) is 0 Å².